The monoisotopic (exact) mass is 316 g/mol. The highest BCUT2D eigenvalue weighted by Gasteiger charge is 2.12. The van der Waals surface area contributed by atoms with Crippen molar-refractivity contribution in [2.75, 3.05) is 18.8 Å². The van der Waals surface area contributed by atoms with Gasteiger partial charge in [-0.2, -0.15) is 0 Å². The zero-order chi connectivity index (χ0) is 14.8. The van der Waals surface area contributed by atoms with E-state index < -0.39 is 10.0 Å². The van der Waals surface area contributed by atoms with Crippen LogP contribution < -0.4 is 10.0 Å². The van der Waals surface area contributed by atoms with Crippen LogP contribution in [0.15, 0.2) is 5.38 Å². The zero-order valence-corrected chi connectivity index (χ0v) is 13.6. The van der Waals surface area contributed by atoms with Crippen molar-refractivity contribution in [2.24, 2.45) is 0 Å². The summed E-state index contributed by atoms with van der Waals surface area (Å²) in [7, 11) is -3.16. The van der Waals surface area contributed by atoms with Crippen LogP contribution in [0.25, 0.3) is 4.96 Å². The molecule has 2 aromatic rings. The van der Waals surface area contributed by atoms with Gasteiger partial charge in [-0.15, -0.1) is 11.3 Å². The maximum absolute atomic E-state index is 11.5. The van der Waals surface area contributed by atoms with Crippen LogP contribution in [-0.4, -0.2) is 36.6 Å². The Kier molecular flexibility index (Phi) is 4.79. The molecule has 0 atom stereocenters. The van der Waals surface area contributed by atoms with E-state index >= 15 is 0 Å². The third kappa shape index (κ3) is 3.38. The second kappa shape index (κ2) is 6.21. The molecule has 0 aliphatic carbocycles. The Balaban J connectivity index is 1.96. The van der Waals surface area contributed by atoms with E-state index in [1.165, 1.54) is 0 Å². The maximum Gasteiger partial charge on any atom is 0.212 e. The van der Waals surface area contributed by atoms with Gasteiger partial charge >= 0.3 is 0 Å². The lowest BCUT2D eigenvalue weighted by Crippen LogP contribution is -2.31. The molecule has 0 unspecified atom stereocenters. The van der Waals surface area contributed by atoms with E-state index in [1.54, 1.807) is 18.3 Å². The summed E-state index contributed by atoms with van der Waals surface area (Å²) in [4.78, 5) is 5.49. The molecule has 0 spiro atoms. The molecular weight excluding hydrogens is 296 g/mol. The number of imidazole rings is 1. The molecule has 0 amide bonds. The van der Waals surface area contributed by atoms with Gasteiger partial charge in [-0.3, -0.25) is 4.40 Å². The Morgan fingerprint density at radius 2 is 2.15 bits per heavy atom. The number of rotatable bonds is 7. The summed E-state index contributed by atoms with van der Waals surface area (Å²) < 4.78 is 27.6. The van der Waals surface area contributed by atoms with Crippen LogP contribution in [0, 0.1) is 13.8 Å². The van der Waals surface area contributed by atoms with Gasteiger partial charge in [0.05, 0.1) is 17.1 Å². The molecule has 0 saturated carbocycles. The number of nitrogens with one attached hydrogen (secondary N) is 2. The fourth-order valence-electron chi connectivity index (χ4n) is 2.08. The van der Waals surface area contributed by atoms with Crippen molar-refractivity contribution in [3.05, 3.63) is 22.5 Å². The predicted octanol–water partition coefficient (Wildman–Crippen LogP) is 1.04. The first kappa shape index (κ1) is 15.4. The number of aryl methyl sites for hydroxylation is 2. The molecule has 0 fully saturated rings. The van der Waals surface area contributed by atoms with Gasteiger partial charge in [0.25, 0.3) is 0 Å². The fourth-order valence-corrected chi connectivity index (χ4v) is 4.01. The quantitative estimate of drug-likeness (QED) is 0.749. The molecule has 0 radical (unpaired) electrons. The molecule has 2 aromatic heterocycles. The molecule has 0 aliphatic rings. The SMILES string of the molecule is CCNS(=O)(=O)CCNCc1c(C)nc2scc(C)n12. The normalized spacial score (nSPS) is 12.3. The Bertz CT molecular complexity index is 688. The van der Waals surface area contributed by atoms with Crippen LogP contribution in [0.5, 0.6) is 0 Å². The van der Waals surface area contributed by atoms with Crippen molar-refractivity contribution < 1.29 is 8.42 Å². The summed E-state index contributed by atoms with van der Waals surface area (Å²) >= 11 is 1.62. The van der Waals surface area contributed by atoms with Gasteiger partial charge in [0, 0.05) is 30.7 Å². The van der Waals surface area contributed by atoms with Crippen molar-refractivity contribution >= 4 is 26.3 Å². The first-order chi connectivity index (χ1) is 9.44. The van der Waals surface area contributed by atoms with Gasteiger partial charge in [-0.1, -0.05) is 6.92 Å². The number of thiazole rings is 1. The van der Waals surface area contributed by atoms with Crippen molar-refractivity contribution in [1.82, 2.24) is 19.4 Å². The molecule has 0 saturated heterocycles. The lowest BCUT2D eigenvalue weighted by atomic mass is 10.3. The second-order valence-corrected chi connectivity index (χ2v) is 7.40. The molecule has 2 N–H and O–H groups in total. The Hall–Kier alpha value is -0.960. The van der Waals surface area contributed by atoms with Gasteiger partial charge in [0.1, 0.15) is 0 Å². The lowest BCUT2D eigenvalue weighted by Gasteiger charge is -2.07. The van der Waals surface area contributed by atoms with Crippen LogP contribution in [0.4, 0.5) is 0 Å². The third-order valence-corrected chi connectivity index (χ3v) is 5.45. The first-order valence-corrected chi connectivity index (χ1v) is 9.08. The van der Waals surface area contributed by atoms with E-state index in [9.17, 15) is 8.42 Å². The van der Waals surface area contributed by atoms with Crippen molar-refractivity contribution in [2.45, 2.75) is 27.3 Å². The molecule has 112 valence electrons. The minimum absolute atomic E-state index is 0.0878. The zero-order valence-electron chi connectivity index (χ0n) is 11.9. The van der Waals surface area contributed by atoms with Crippen molar-refractivity contribution in [3.63, 3.8) is 0 Å². The first-order valence-electron chi connectivity index (χ1n) is 6.54. The molecular formula is C12H20N4O2S2. The topological polar surface area (TPSA) is 75.5 Å². The number of nitrogens with zero attached hydrogens (tertiary/aromatic N) is 2. The van der Waals surface area contributed by atoms with Crippen LogP contribution in [0.2, 0.25) is 0 Å². The summed E-state index contributed by atoms with van der Waals surface area (Å²) in [5.41, 5.74) is 3.24. The number of hydrogen-bond donors (Lipinski definition) is 2. The van der Waals surface area contributed by atoms with Crippen LogP contribution in [0.3, 0.4) is 0 Å². The van der Waals surface area contributed by atoms with Gasteiger partial charge < -0.3 is 5.32 Å². The number of fused-ring (bicyclic) bond motifs is 1. The molecule has 2 heterocycles. The highest BCUT2D eigenvalue weighted by molar-refractivity contribution is 7.89. The van der Waals surface area contributed by atoms with E-state index in [0.717, 1.165) is 22.0 Å². The van der Waals surface area contributed by atoms with Gasteiger partial charge in [-0.25, -0.2) is 18.1 Å². The van der Waals surface area contributed by atoms with E-state index in [2.05, 4.69) is 24.8 Å². The van der Waals surface area contributed by atoms with E-state index in [0.29, 0.717) is 19.6 Å². The fraction of sp³-hybridized carbons (Fsp3) is 0.583. The smallest absolute Gasteiger partial charge is 0.212 e. The van der Waals surface area contributed by atoms with Gasteiger partial charge in [0.2, 0.25) is 10.0 Å². The van der Waals surface area contributed by atoms with E-state index in [1.807, 2.05) is 13.8 Å². The molecule has 6 nitrogen and oxygen atoms in total. The van der Waals surface area contributed by atoms with E-state index in [4.69, 9.17) is 0 Å². The molecule has 8 heteroatoms. The molecule has 2 rings (SSSR count). The average molecular weight is 316 g/mol. The summed E-state index contributed by atoms with van der Waals surface area (Å²) in [5, 5.41) is 5.25. The summed E-state index contributed by atoms with van der Waals surface area (Å²) in [6.07, 6.45) is 0. The predicted molar refractivity (Wildman–Crippen MR) is 81.7 cm³/mol. The van der Waals surface area contributed by atoms with E-state index in [-0.39, 0.29) is 5.75 Å². The van der Waals surface area contributed by atoms with Crippen LogP contribution in [0.1, 0.15) is 24.0 Å². The van der Waals surface area contributed by atoms with Gasteiger partial charge in [0.15, 0.2) is 4.96 Å². The third-order valence-electron chi connectivity index (χ3n) is 3.03. The standard InChI is InChI=1S/C12H20N4O2S2/c1-4-14-20(17,18)6-5-13-7-11-10(3)15-12-16(11)9(2)8-19-12/h8,13-14H,4-7H2,1-3H3. The minimum Gasteiger partial charge on any atom is -0.310 e. The number of aromatic nitrogens is 2. The van der Waals surface area contributed by atoms with Crippen molar-refractivity contribution in [1.29, 1.82) is 0 Å². The maximum atomic E-state index is 11.5. The molecule has 0 aliphatic heterocycles. The Morgan fingerprint density at radius 1 is 1.40 bits per heavy atom. The average Bonchev–Trinajstić information content (AvgIpc) is 2.86. The minimum atomic E-state index is -3.16. The van der Waals surface area contributed by atoms with Crippen molar-refractivity contribution in [3.8, 4) is 0 Å². The summed E-state index contributed by atoms with van der Waals surface area (Å²) in [6.45, 7) is 7.27. The highest BCUT2D eigenvalue weighted by Crippen LogP contribution is 2.20. The Morgan fingerprint density at radius 3 is 2.85 bits per heavy atom. The summed E-state index contributed by atoms with van der Waals surface area (Å²) in [6, 6.07) is 0. The highest BCUT2D eigenvalue weighted by atomic mass is 32.2. The largest absolute Gasteiger partial charge is 0.310 e. The molecule has 0 bridgehead atoms. The second-order valence-electron chi connectivity index (χ2n) is 4.63. The van der Waals surface area contributed by atoms with Crippen LogP contribution in [-0.2, 0) is 16.6 Å². The summed E-state index contributed by atoms with van der Waals surface area (Å²) in [5.74, 6) is 0.0878. The number of hydrogen-bond acceptors (Lipinski definition) is 5. The molecule has 0 aromatic carbocycles. The Labute approximate surface area is 123 Å². The lowest BCUT2D eigenvalue weighted by molar-refractivity contribution is 0.578. The van der Waals surface area contributed by atoms with Crippen LogP contribution >= 0.6 is 11.3 Å². The van der Waals surface area contributed by atoms with Gasteiger partial charge in [-0.05, 0) is 13.8 Å². The number of sulfonamides is 1. The molecule has 20 heavy (non-hydrogen) atoms.